The van der Waals surface area contributed by atoms with Crippen molar-refractivity contribution in [3.8, 4) is 5.69 Å². The van der Waals surface area contributed by atoms with E-state index in [-0.39, 0.29) is 0 Å². The smallest absolute Gasteiger partial charge is 0.177 e. The Morgan fingerprint density at radius 3 is 2.48 bits per heavy atom. The fourth-order valence-corrected chi connectivity index (χ4v) is 4.28. The third-order valence-electron chi connectivity index (χ3n) is 5.88. The Bertz CT molecular complexity index is 1180. The summed E-state index contributed by atoms with van der Waals surface area (Å²) in [6.45, 7) is 4.07. The molecule has 0 spiro atoms. The number of imidazole rings is 1. The van der Waals surface area contributed by atoms with Crippen LogP contribution in [-0.2, 0) is 0 Å². The van der Waals surface area contributed by atoms with Crippen molar-refractivity contribution in [1.29, 1.82) is 0 Å². The Kier molecular flexibility index (Phi) is 5.07. The van der Waals surface area contributed by atoms with Crippen LogP contribution in [0.15, 0.2) is 48.8 Å². The highest BCUT2D eigenvalue weighted by Crippen LogP contribution is 2.26. The van der Waals surface area contributed by atoms with E-state index in [1.54, 1.807) is 6.20 Å². The van der Waals surface area contributed by atoms with Gasteiger partial charge in [0, 0.05) is 41.9 Å². The van der Waals surface area contributed by atoms with E-state index in [4.69, 9.17) is 5.73 Å². The number of hydrogen-bond acceptors (Lipinski definition) is 6. The van der Waals surface area contributed by atoms with Crippen LogP contribution < -0.4 is 16.4 Å². The molecule has 0 amide bonds. The molecule has 8 nitrogen and oxygen atoms in total. The van der Waals surface area contributed by atoms with E-state index in [1.165, 1.54) is 0 Å². The topological polar surface area (TPSA) is 98.1 Å². The first kappa shape index (κ1) is 19.6. The van der Waals surface area contributed by atoms with Crippen molar-refractivity contribution in [2.75, 3.05) is 10.6 Å². The predicted molar refractivity (Wildman–Crippen MR) is 123 cm³/mol. The first-order valence-electron chi connectivity index (χ1n) is 10.8. The Morgan fingerprint density at radius 2 is 1.77 bits per heavy atom. The van der Waals surface area contributed by atoms with Crippen LogP contribution in [0.25, 0.3) is 11.3 Å². The molecule has 0 saturated heterocycles. The van der Waals surface area contributed by atoms with E-state index in [2.05, 4.69) is 63.1 Å². The summed E-state index contributed by atoms with van der Waals surface area (Å²) in [6.07, 6.45) is 7.88. The summed E-state index contributed by atoms with van der Waals surface area (Å²) >= 11 is 0. The number of nitrogens with one attached hydrogen (secondary N) is 2. The quantitative estimate of drug-likeness (QED) is 0.456. The van der Waals surface area contributed by atoms with Crippen LogP contribution in [0.3, 0.4) is 0 Å². The minimum atomic E-state index is 0.330. The number of nitrogens with zero attached hydrogens (tertiary/aromatic N) is 5. The maximum Gasteiger partial charge on any atom is 0.177 e. The van der Waals surface area contributed by atoms with Crippen LogP contribution in [0.1, 0.15) is 37.1 Å². The van der Waals surface area contributed by atoms with Crippen LogP contribution in [0.4, 0.5) is 17.2 Å². The molecular weight excluding hydrogens is 388 g/mol. The standard InChI is InChI=1S/C23H28N8/c1-15-13-16(2)31(28-15)20-9-7-18(8-10-20)26-21-14-22(29-30-12-11-25-23(21)30)27-19-5-3-17(24)4-6-19/h7-14,17,19,26H,3-6,24H2,1-2H3,(H,27,29). The lowest BCUT2D eigenvalue weighted by Crippen LogP contribution is -2.33. The van der Waals surface area contributed by atoms with Crippen molar-refractivity contribution in [3.63, 3.8) is 0 Å². The van der Waals surface area contributed by atoms with Gasteiger partial charge in [0.05, 0.1) is 17.1 Å². The number of fused-ring (bicyclic) bond motifs is 1. The lowest BCUT2D eigenvalue weighted by Gasteiger charge is -2.27. The summed E-state index contributed by atoms with van der Waals surface area (Å²) in [5.74, 6) is 0.840. The minimum absolute atomic E-state index is 0.330. The summed E-state index contributed by atoms with van der Waals surface area (Å²) in [5.41, 5.74) is 11.9. The van der Waals surface area contributed by atoms with E-state index in [1.807, 2.05) is 28.4 Å². The van der Waals surface area contributed by atoms with Gasteiger partial charge < -0.3 is 16.4 Å². The third-order valence-corrected chi connectivity index (χ3v) is 5.88. The van der Waals surface area contributed by atoms with E-state index in [0.29, 0.717) is 12.1 Å². The number of hydrogen-bond donors (Lipinski definition) is 3. The monoisotopic (exact) mass is 416 g/mol. The summed E-state index contributed by atoms with van der Waals surface area (Å²) in [7, 11) is 0. The van der Waals surface area contributed by atoms with Gasteiger partial charge in [0.15, 0.2) is 5.65 Å². The Hall–Kier alpha value is -3.39. The van der Waals surface area contributed by atoms with Gasteiger partial charge in [-0.05, 0) is 69.9 Å². The van der Waals surface area contributed by atoms with Gasteiger partial charge >= 0.3 is 0 Å². The molecule has 0 radical (unpaired) electrons. The first-order valence-corrected chi connectivity index (χ1v) is 10.8. The molecule has 4 aromatic rings. The molecule has 3 aromatic heterocycles. The van der Waals surface area contributed by atoms with Crippen molar-refractivity contribution in [2.24, 2.45) is 5.73 Å². The number of aromatic nitrogens is 5. The van der Waals surface area contributed by atoms with E-state index >= 15 is 0 Å². The van der Waals surface area contributed by atoms with Crippen LogP contribution in [0, 0.1) is 13.8 Å². The molecule has 1 fully saturated rings. The molecule has 1 saturated carbocycles. The van der Waals surface area contributed by atoms with Gasteiger partial charge in [-0.2, -0.15) is 5.10 Å². The van der Waals surface area contributed by atoms with Gasteiger partial charge in [-0.15, -0.1) is 5.10 Å². The van der Waals surface area contributed by atoms with Gasteiger partial charge in [0.1, 0.15) is 5.82 Å². The van der Waals surface area contributed by atoms with Crippen LogP contribution in [0.2, 0.25) is 0 Å². The second-order valence-electron chi connectivity index (χ2n) is 8.41. The van der Waals surface area contributed by atoms with Gasteiger partial charge in [0.2, 0.25) is 0 Å². The zero-order chi connectivity index (χ0) is 21.4. The van der Waals surface area contributed by atoms with Crippen molar-refractivity contribution in [1.82, 2.24) is 24.4 Å². The van der Waals surface area contributed by atoms with Crippen LogP contribution >= 0.6 is 0 Å². The Balaban J connectivity index is 1.38. The SMILES string of the molecule is Cc1cc(C)n(-c2ccc(Nc3cc(NC4CCC(N)CC4)nn4ccnc34)cc2)n1. The highest BCUT2D eigenvalue weighted by atomic mass is 15.3. The highest BCUT2D eigenvalue weighted by molar-refractivity contribution is 5.76. The first-order chi connectivity index (χ1) is 15.0. The van der Waals surface area contributed by atoms with E-state index in [0.717, 1.165) is 65.6 Å². The molecule has 0 unspecified atom stereocenters. The molecule has 31 heavy (non-hydrogen) atoms. The number of aryl methyl sites for hydroxylation is 2. The third kappa shape index (κ3) is 4.11. The maximum absolute atomic E-state index is 6.05. The molecule has 0 aliphatic heterocycles. The zero-order valence-electron chi connectivity index (χ0n) is 17.9. The second-order valence-corrected chi connectivity index (χ2v) is 8.41. The molecule has 0 bridgehead atoms. The molecule has 1 aliphatic rings. The zero-order valence-corrected chi connectivity index (χ0v) is 17.9. The lowest BCUT2D eigenvalue weighted by molar-refractivity contribution is 0.410. The maximum atomic E-state index is 6.05. The molecule has 160 valence electrons. The number of anilines is 3. The molecule has 5 rings (SSSR count). The molecular formula is C23H28N8. The molecule has 1 aliphatic carbocycles. The fraction of sp³-hybridized carbons (Fsp3) is 0.348. The second kappa shape index (κ2) is 8.03. The summed E-state index contributed by atoms with van der Waals surface area (Å²) in [4.78, 5) is 4.47. The van der Waals surface area contributed by atoms with Crippen molar-refractivity contribution < 1.29 is 0 Å². The highest BCUT2D eigenvalue weighted by Gasteiger charge is 2.19. The molecule has 8 heteroatoms. The van der Waals surface area contributed by atoms with Crippen molar-refractivity contribution >= 4 is 22.8 Å². The summed E-state index contributed by atoms with van der Waals surface area (Å²) in [5, 5.41) is 16.3. The van der Waals surface area contributed by atoms with Gasteiger partial charge in [-0.25, -0.2) is 14.2 Å². The minimum Gasteiger partial charge on any atom is -0.366 e. The predicted octanol–water partition coefficient (Wildman–Crippen LogP) is 3.96. The van der Waals surface area contributed by atoms with Crippen molar-refractivity contribution in [3.05, 3.63) is 60.2 Å². The normalized spacial score (nSPS) is 18.9. The van der Waals surface area contributed by atoms with Gasteiger partial charge in [0.25, 0.3) is 0 Å². The number of rotatable bonds is 5. The van der Waals surface area contributed by atoms with Gasteiger partial charge in [-0.1, -0.05) is 0 Å². The summed E-state index contributed by atoms with van der Waals surface area (Å²) in [6, 6.07) is 13.1. The number of benzene rings is 1. The Labute approximate surface area is 181 Å². The molecule has 3 heterocycles. The Morgan fingerprint density at radius 1 is 1.00 bits per heavy atom. The molecule has 1 aromatic carbocycles. The van der Waals surface area contributed by atoms with Crippen LogP contribution in [-0.4, -0.2) is 36.5 Å². The number of nitrogens with two attached hydrogens (primary N) is 1. The fourth-order valence-electron chi connectivity index (χ4n) is 4.28. The van der Waals surface area contributed by atoms with E-state index in [9.17, 15) is 0 Å². The lowest BCUT2D eigenvalue weighted by atomic mass is 9.92. The average Bonchev–Trinajstić information content (AvgIpc) is 3.36. The molecule has 4 N–H and O–H groups in total. The van der Waals surface area contributed by atoms with Crippen LogP contribution in [0.5, 0.6) is 0 Å². The van der Waals surface area contributed by atoms with Crippen molar-refractivity contribution in [2.45, 2.75) is 51.6 Å². The summed E-state index contributed by atoms with van der Waals surface area (Å²) < 4.78 is 3.76. The molecule has 0 atom stereocenters. The largest absolute Gasteiger partial charge is 0.366 e. The van der Waals surface area contributed by atoms with Gasteiger partial charge in [-0.3, -0.25) is 0 Å². The van der Waals surface area contributed by atoms with E-state index < -0.39 is 0 Å². The average molecular weight is 417 g/mol.